The van der Waals surface area contributed by atoms with Gasteiger partial charge < -0.3 is 19.9 Å². The summed E-state index contributed by atoms with van der Waals surface area (Å²) in [5.74, 6) is 0. The predicted octanol–water partition coefficient (Wildman–Crippen LogP) is 1.23. The molecule has 0 saturated heterocycles. The van der Waals surface area contributed by atoms with Crippen molar-refractivity contribution >= 4 is 11.0 Å². The summed E-state index contributed by atoms with van der Waals surface area (Å²) in [7, 11) is 3.84. The van der Waals surface area contributed by atoms with Gasteiger partial charge in [-0.15, -0.1) is 0 Å². The third kappa shape index (κ3) is 4.02. The molecule has 0 spiro atoms. The maximum Gasteiger partial charge on any atom is 0.137 e. The van der Waals surface area contributed by atoms with E-state index in [1.54, 1.807) is 13.3 Å². The molecule has 0 bridgehead atoms. The molecule has 104 valence electrons. The van der Waals surface area contributed by atoms with Crippen molar-refractivity contribution in [3.63, 3.8) is 0 Å². The number of aromatic amines is 1. The van der Waals surface area contributed by atoms with Crippen LogP contribution in [0.4, 0.5) is 0 Å². The molecular formula is C14H22N4O. The van der Waals surface area contributed by atoms with Gasteiger partial charge in [0.25, 0.3) is 0 Å². The lowest BCUT2D eigenvalue weighted by Gasteiger charge is -2.16. The number of aromatic nitrogens is 2. The Bertz CT molecular complexity index is 497. The van der Waals surface area contributed by atoms with Crippen molar-refractivity contribution in [1.29, 1.82) is 0 Å². The van der Waals surface area contributed by atoms with Crippen LogP contribution < -0.4 is 5.32 Å². The number of rotatable bonds is 8. The van der Waals surface area contributed by atoms with E-state index in [1.165, 1.54) is 10.9 Å². The molecule has 0 fully saturated rings. The largest absolute Gasteiger partial charge is 0.383 e. The number of nitrogens with zero attached hydrogens (tertiary/aromatic N) is 2. The van der Waals surface area contributed by atoms with Crippen molar-refractivity contribution in [2.75, 3.05) is 40.4 Å². The molecule has 0 aromatic carbocycles. The highest BCUT2D eigenvalue weighted by molar-refractivity contribution is 5.79. The highest BCUT2D eigenvalue weighted by Crippen LogP contribution is 2.14. The van der Waals surface area contributed by atoms with E-state index < -0.39 is 0 Å². The van der Waals surface area contributed by atoms with Gasteiger partial charge in [-0.2, -0.15) is 0 Å². The van der Waals surface area contributed by atoms with E-state index in [9.17, 15) is 0 Å². The molecule has 0 aliphatic carbocycles. The Balaban J connectivity index is 1.74. The number of methoxy groups -OCH3 is 1. The van der Waals surface area contributed by atoms with Crippen LogP contribution in [-0.2, 0) is 11.3 Å². The summed E-state index contributed by atoms with van der Waals surface area (Å²) >= 11 is 0. The molecule has 0 radical (unpaired) electrons. The topological polar surface area (TPSA) is 53.2 Å². The van der Waals surface area contributed by atoms with Gasteiger partial charge in [0.05, 0.1) is 6.61 Å². The average molecular weight is 262 g/mol. The fraction of sp³-hybridized carbons (Fsp3) is 0.500. The first-order valence-electron chi connectivity index (χ1n) is 6.60. The van der Waals surface area contributed by atoms with E-state index in [2.05, 4.69) is 33.3 Å². The maximum absolute atomic E-state index is 5.05. The highest BCUT2D eigenvalue weighted by atomic mass is 16.5. The van der Waals surface area contributed by atoms with Gasteiger partial charge in [0.15, 0.2) is 0 Å². The van der Waals surface area contributed by atoms with Crippen molar-refractivity contribution in [2.24, 2.45) is 0 Å². The quantitative estimate of drug-likeness (QED) is 0.703. The molecule has 2 aromatic rings. The third-order valence-electron chi connectivity index (χ3n) is 3.20. The molecule has 0 amide bonds. The summed E-state index contributed by atoms with van der Waals surface area (Å²) in [6, 6.07) is 4.07. The predicted molar refractivity (Wildman–Crippen MR) is 77.2 cm³/mol. The Kier molecular flexibility index (Phi) is 5.32. The number of ether oxygens (including phenoxy) is 1. The van der Waals surface area contributed by atoms with Gasteiger partial charge in [0.2, 0.25) is 0 Å². The lowest BCUT2D eigenvalue weighted by Crippen LogP contribution is -2.31. The fourth-order valence-corrected chi connectivity index (χ4v) is 2.01. The van der Waals surface area contributed by atoms with Crippen LogP contribution in [0.1, 0.15) is 5.56 Å². The van der Waals surface area contributed by atoms with Crippen molar-refractivity contribution in [3.05, 3.63) is 30.1 Å². The minimum atomic E-state index is 0.782. The third-order valence-corrected chi connectivity index (χ3v) is 3.20. The first-order valence-corrected chi connectivity index (χ1v) is 6.60. The van der Waals surface area contributed by atoms with Crippen LogP contribution in [0.25, 0.3) is 11.0 Å². The Labute approximate surface area is 114 Å². The minimum Gasteiger partial charge on any atom is -0.383 e. The molecule has 0 aliphatic rings. The normalized spacial score (nSPS) is 11.5. The van der Waals surface area contributed by atoms with Gasteiger partial charge in [0.1, 0.15) is 5.65 Å². The monoisotopic (exact) mass is 262 g/mol. The maximum atomic E-state index is 5.05. The zero-order valence-corrected chi connectivity index (χ0v) is 11.6. The summed E-state index contributed by atoms with van der Waals surface area (Å²) in [5.41, 5.74) is 2.22. The summed E-state index contributed by atoms with van der Waals surface area (Å²) in [6.45, 7) is 4.60. The van der Waals surface area contributed by atoms with Crippen LogP contribution in [0.15, 0.2) is 24.5 Å². The molecule has 2 heterocycles. The molecular weight excluding hydrogens is 240 g/mol. The van der Waals surface area contributed by atoms with Crippen LogP contribution >= 0.6 is 0 Å². The number of H-pyrrole nitrogens is 1. The zero-order chi connectivity index (χ0) is 13.5. The van der Waals surface area contributed by atoms with Gasteiger partial charge in [0, 0.05) is 51.1 Å². The van der Waals surface area contributed by atoms with Gasteiger partial charge in [-0.25, -0.2) is 4.98 Å². The molecule has 5 heteroatoms. The first kappa shape index (κ1) is 14.0. The van der Waals surface area contributed by atoms with E-state index in [0.717, 1.165) is 38.4 Å². The lowest BCUT2D eigenvalue weighted by molar-refractivity contribution is 0.161. The summed E-state index contributed by atoms with van der Waals surface area (Å²) in [6.07, 6.45) is 3.83. The van der Waals surface area contributed by atoms with E-state index in [1.807, 2.05) is 12.3 Å². The fourth-order valence-electron chi connectivity index (χ4n) is 2.01. The number of hydrogen-bond donors (Lipinski definition) is 2. The standard InChI is InChI=1S/C14H22N4O/c1-18(8-9-19-2)7-6-15-10-12-11-17-14-13(12)4-3-5-16-14/h3-5,11,15H,6-10H2,1-2H3,(H,16,17). The number of nitrogens with one attached hydrogen (secondary N) is 2. The van der Waals surface area contributed by atoms with Gasteiger partial charge in [-0.3, -0.25) is 0 Å². The molecule has 2 aromatic heterocycles. The Morgan fingerprint density at radius 2 is 2.32 bits per heavy atom. The molecule has 0 saturated carbocycles. The smallest absolute Gasteiger partial charge is 0.137 e. The van der Waals surface area contributed by atoms with E-state index in [0.29, 0.717) is 0 Å². The Hall–Kier alpha value is -1.43. The molecule has 0 atom stereocenters. The zero-order valence-electron chi connectivity index (χ0n) is 11.6. The molecule has 5 nitrogen and oxygen atoms in total. The lowest BCUT2D eigenvalue weighted by atomic mass is 10.2. The minimum absolute atomic E-state index is 0.782. The van der Waals surface area contributed by atoms with Gasteiger partial charge in [-0.1, -0.05) is 0 Å². The number of fused-ring (bicyclic) bond motifs is 1. The van der Waals surface area contributed by atoms with Crippen molar-refractivity contribution < 1.29 is 4.74 Å². The van der Waals surface area contributed by atoms with E-state index in [4.69, 9.17) is 4.74 Å². The summed E-state index contributed by atoms with van der Waals surface area (Å²) < 4.78 is 5.05. The second-order valence-electron chi connectivity index (χ2n) is 4.69. The van der Waals surface area contributed by atoms with Crippen LogP contribution in [0.3, 0.4) is 0 Å². The van der Waals surface area contributed by atoms with Crippen molar-refractivity contribution in [1.82, 2.24) is 20.2 Å². The van der Waals surface area contributed by atoms with Crippen molar-refractivity contribution in [3.8, 4) is 0 Å². The van der Waals surface area contributed by atoms with E-state index >= 15 is 0 Å². The molecule has 0 unspecified atom stereocenters. The van der Waals surface area contributed by atoms with Crippen LogP contribution in [-0.4, -0.2) is 55.3 Å². The number of hydrogen-bond acceptors (Lipinski definition) is 4. The first-order chi connectivity index (χ1) is 9.31. The second-order valence-corrected chi connectivity index (χ2v) is 4.69. The molecule has 0 aliphatic heterocycles. The summed E-state index contributed by atoms with van der Waals surface area (Å²) in [4.78, 5) is 9.73. The Morgan fingerprint density at radius 1 is 1.42 bits per heavy atom. The number of likely N-dealkylation sites (N-methyl/N-ethyl adjacent to an activating group) is 1. The summed E-state index contributed by atoms with van der Waals surface area (Å²) in [5, 5.41) is 4.65. The van der Waals surface area contributed by atoms with Crippen molar-refractivity contribution in [2.45, 2.75) is 6.54 Å². The highest BCUT2D eigenvalue weighted by Gasteiger charge is 2.03. The number of pyridine rings is 1. The van der Waals surface area contributed by atoms with Crippen LogP contribution in [0.2, 0.25) is 0 Å². The van der Waals surface area contributed by atoms with Crippen LogP contribution in [0.5, 0.6) is 0 Å². The van der Waals surface area contributed by atoms with Gasteiger partial charge >= 0.3 is 0 Å². The Morgan fingerprint density at radius 3 is 3.16 bits per heavy atom. The molecule has 19 heavy (non-hydrogen) atoms. The molecule has 2 rings (SSSR count). The average Bonchev–Trinajstić information content (AvgIpc) is 2.85. The van der Waals surface area contributed by atoms with Crippen LogP contribution in [0, 0.1) is 0 Å². The van der Waals surface area contributed by atoms with E-state index in [-0.39, 0.29) is 0 Å². The second kappa shape index (κ2) is 7.23. The SMILES string of the molecule is COCCN(C)CCNCc1c[nH]c2ncccc12. The molecule has 2 N–H and O–H groups in total. The van der Waals surface area contributed by atoms with Gasteiger partial charge in [-0.05, 0) is 24.7 Å².